The fourth-order valence-electron chi connectivity index (χ4n) is 0.959. The highest BCUT2D eigenvalue weighted by Gasteiger charge is 2.14. The van der Waals surface area contributed by atoms with Gasteiger partial charge in [-0.15, -0.1) is 0 Å². The summed E-state index contributed by atoms with van der Waals surface area (Å²) in [5.41, 5.74) is 0. The summed E-state index contributed by atoms with van der Waals surface area (Å²) in [6.07, 6.45) is 0. The lowest BCUT2D eigenvalue weighted by Crippen LogP contribution is -2.26. The van der Waals surface area contributed by atoms with Crippen LogP contribution >= 0.6 is 0 Å². The molecule has 82 valence electrons. The lowest BCUT2D eigenvalue weighted by molar-refractivity contribution is 0.0659. The van der Waals surface area contributed by atoms with Gasteiger partial charge in [0, 0.05) is 6.54 Å². The maximum Gasteiger partial charge on any atom is 0.371 e. The first-order valence-corrected chi connectivity index (χ1v) is 4.62. The van der Waals surface area contributed by atoms with E-state index in [2.05, 4.69) is 5.32 Å². The Kier molecular flexibility index (Phi) is 3.49. The van der Waals surface area contributed by atoms with E-state index in [0.29, 0.717) is 12.5 Å². The number of carboxylic acids is 1. The van der Waals surface area contributed by atoms with E-state index in [-0.39, 0.29) is 11.5 Å². The van der Waals surface area contributed by atoms with Crippen LogP contribution in [-0.4, -0.2) is 23.5 Å². The van der Waals surface area contributed by atoms with Crippen LogP contribution in [0.4, 0.5) is 0 Å². The van der Waals surface area contributed by atoms with E-state index in [9.17, 15) is 9.59 Å². The highest BCUT2D eigenvalue weighted by atomic mass is 16.4. The lowest BCUT2D eigenvalue weighted by Gasteiger charge is -2.04. The molecular formula is C10H13NO4. The lowest BCUT2D eigenvalue weighted by atomic mass is 10.2. The zero-order valence-electron chi connectivity index (χ0n) is 8.61. The third-order valence-electron chi connectivity index (χ3n) is 1.71. The molecule has 0 spiro atoms. The summed E-state index contributed by atoms with van der Waals surface area (Å²) in [4.78, 5) is 21.9. The minimum absolute atomic E-state index is 0.0213. The molecule has 0 fully saturated rings. The van der Waals surface area contributed by atoms with Gasteiger partial charge in [0.15, 0.2) is 5.76 Å². The Balaban J connectivity index is 2.62. The Labute approximate surface area is 87.1 Å². The Morgan fingerprint density at radius 1 is 1.40 bits per heavy atom. The van der Waals surface area contributed by atoms with Gasteiger partial charge >= 0.3 is 5.97 Å². The van der Waals surface area contributed by atoms with Crippen molar-refractivity contribution in [2.24, 2.45) is 5.92 Å². The van der Waals surface area contributed by atoms with Crippen molar-refractivity contribution < 1.29 is 19.1 Å². The Morgan fingerprint density at radius 2 is 2.00 bits per heavy atom. The average Bonchev–Trinajstić information content (AvgIpc) is 2.62. The highest BCUT2D eigenvalue weighted by molar-refractivity contribution is 5.93. The zero-order valence-corrected chi connectivity index (χ0v) is 8.61. The van der Waals surface area contributed by atoms with Crippen molar-refractivity contribution in [3.8, 4) is 0 Å². The van der Waals surface area contributed by atoms with Crippen molar-refractivity contribution in [2.75, 3.05) is 6.54 Å². The van der Waals surface area contributed by atoms with Crippen molar-refractivity contribution in [2.45, 2.75) is 13.8 Å². The van der Waals surface area contributed by atoms with Crippen LogP contribution in [0.25, 0.3) is 0 Å². The summed E-state index contributed by atoms with van der Waals surface area (Å²) >= 11 is 0. The molecule has 5 nitrogen and oxygen atoms in total. The normalized spacial score (nSPS) is 10.3. The first-order valence-electron chi connectivity index (χ1n) is 4.62. The average molecular weight is 211 g/mol. The number of carboxylic acid groups (broad SMARTS) is 1. The van der Waals surface area contributed by atoms with E-state index in [1.807, 2.05) is 13.8 Å². The molecule has 1 amide bonds. The van der Waals surface area contributed by atoms with E-state index in [0.717, 1.165) is 0 Å². The van der Waals surface area contributed by atoms with Gasteiger partial charge in [0.25, 0.3) is 5.91 Å². The molecule has 0 saturated heterocycles. The van der Waals surface area contributed by atoms with Gasteiger partial charge < -0.3 is 14.8 Å². The molecule has 1 aromatic rings. The number of rotatable bonds is 4. The largest absolute Gasteiger partial charge is 0.475 e. The number of carbonyl (C=O) groups is 2. The van der Waals surface area contributed by atoms with Crippen molar-refractivity contribution >= 4 is 11.9 Å². The molecule has 5 heteroatoms. The van der Waals surface area contributed by atoms with Crippen LogP contribution in [0.3, 0.4) is 0 Å². The van der Waals surface area contributed by atoms with Gasteiger partial charge in [-0.3, -0.25) is 4.79 Å². The molecule has 0 bridgehead atoms. The van der Waals surface area contributed by atoms with Gasteiger partial charge in [0.1, 0.15) is 0 Å². The smallest absolute Gasteiger partial charge is 0.371 e. The molecule has 0 aliphatic heterocycles. The third-order valence-corrected chi connectivity index (χ3v) is 1.71. The topological polar surface area (TPSA) is 79.5 Å². The van der Waals surface area contributed by atoms with Crippen LogP contribution in [0.5, 0.6) is 0 Å². The van der Waals surface area contributed by atoms with Gasteiger partial charge in [-0.05, 0) is 18.1 Å². The molecule has 1 heterocycles. The first-order chi connectivity index (χ1) is 7.00. The van der Waals surface area contributed by atoms with Crippen molar-refractivity contribution in [1.29, 1.82) is 0 Å². The van der Waals surface area contributed by atoms with Crippen molar-refractivity contribution in [3.63, 3.8) is 0 Å². The van der Waals surface area contributed by atoms with Gasteiger partial charge in [0.05, 0.1) is 0 Å². The third kappa shape index (κ3) is 3.12. The molecule has 1 aromatic heterocycles. The Bertz CT molecular complexity index is 367. The maximum absolute atomic E-state index is 11.4. The molecule has 0 radical (unpaired) electrons. The van der Waals surface area contributed by atoms with Gasteiger partial charge in [-0.25, -0.2) is 4.79 Å². The second-order valence-electron chi connectivity index (χ2n) is 3.57. The SMILES string of the molecule is CC(C)CNC(=O)c1ccc(C(=O)O)o1. The van der Waals surface area contributed by atoms with Gasteiger partial charge in [-0.2, -0.15) is 0 Å². The van der Waals surface area contributed by atoms with Gasteiger partial charge in [-0.1, -0.05) is 13.8 Å². The van der Waals surface area contributed by atoms with E-state index < -0.39 is 11.9 Å². The second-order valence-corrected chi connectivity index (χ2v) is 3.57. The second kappa shape index (κ2) is 4.63. The molecule has 0 aliphatic carbocycles. The van der Waals surface area contributed by atoms with E-state index >= 15 is 0 Å². The molecule has 0 aliphatic rings. The number of carbonyl (C=O) groups excluding carboxylic acids is 1. The van der Waals surface area contributed by atoms with Crippen LogP contribution in [-0.2, 0) is 0 Å². The predicted octanol–water partition coefficient (Wildman–Crippen LogP) is 1.36. The van der Waals surface area contributed by atoms with E-state index in [1.54, 1.807) is 0 Å². The van der Waals surface area contributed by atoms with E-state index in [1.165, 1.54) is 12.1 Å². The van der Waals surface area contributed by atoms with Crippen LogP contribution in [0.2, 0.25) is 0 Å². The van der Waals surface area contributed by atoms with Crippen LogP contribution < -0.4 is 5.32 Å². The predicted molar refractivity (Wildman–Crippen MR) is 52.8 cm³/mol. The number of hydrogen-bond acceptors (Lipinski definition) is 3. The number of hydrogen-bond donors (Lipinski definition) is 2. The van der Waals surface area contributed by atoms with E-state index in [4.69, 9.17) is 9.52 Å². The molecule has 0 aromatic carbocycles. The molecule has 0 atom stereocenters. The number of aromatic carboxylic acids is 1. The number of amides is 1. The summed E-state index contributed by atoms with van der Waals surface area (Å²) in [7, 11) is 0. The van der Waals surface area contributed by atoms with Gasteiger partial charge in [0.2, 0.25) is 5.76 Å². The summed E-state index contributed by atoms with van der Waals surface area (Å²) < 4.78 is 4.83. The standard InChI is InChI=1S/C10H13NO4/c1-6(2)5-11-9(12)7-3-4-8(15-7)10(13)14/h3-4,6H,5H2,1-2H3,(H,11,12)(H,13,14). The van der Waals surface area contributed by atoms with Crippen LogP contribution in [0.1, 0.15) is 35.0 Å². The zero-order chi connectivity index (χ0) is 11.4. The molecular weight excluding hydrogens is 198 g/mol. The number of nitrogens with one attached hydrogen (secondary N) is 1. The van der Waals surface area contributed by atoms with Crippen molar-refractivity contribution in [3.05, 3.63) is 23.7 Å². The summed E-state index contributed by atoms with van der Waals surface area (Å²) in [6.45, 7) is 4.46. The molecule has 2 N–H and O–H groups in total. The monoisotopic (exact) mass is 211 g/mol. The van der Waals surface area contributed by atoms with Crippen molar-refractivity contribution in [1.82, 2.24) is 5.32 Å². The molecule has 0 saturated carbocycles. The first kappa shape index (κ1) is 11.3. The maximum atomic E-state index is 11.4. The number of furan rings is 1. The minimum atomic E-state index is -1.18. The Hall–Kier alpha value is -1.78. The highest BCUT2D eigenvalue weighted by Crippen LogP contribution is 2.07. The Morgan fingerprint density at radius 3 is 2.47 bits per heavy atom. The summed E-state index contributed by atoms with van der Waals surface area (Å²) in [6, 6.07) is 2.60. The quantitative estimate of drug-likeness (QED) is 0.788. The molecule has 0 unspecified atom stereocenters. The summed E-state index contributed by atoms with van der Waals surface area (Å²) in [5, 5.41) is 11.2. The fraction of sp³-hybridized carbons (Fsp3) is 0.400. The van der Waals surface area contributed by atoms with Crippen LogP contribution in [0, 0.1) is 5.92 Å². The molecule has 1 rings (SSSR count). The minimum Gasteiger partial charge on any atom is -0.475 e. The molecule has 15 heavy (non-hydrogen) atoms. The summed E-state index contributed by atoms with van der Waals surface area (Å²) in [5.74, 6) is -1.45. The van der Waals surface area contributed by atoms with Crippen LogP contribution in [0.15, 0.2) is 16.5 Å². The fourth-order valence-corrected chi connectivity index (χ4v) is 0.959.